The summed E-state index contributed by atoms with van der Waals surface area (Å²) in [5.74, 6) is -1.48. The molecule has 1 atom stereocenters. The Hall–Kier alpha value is -2.26. The van der Waals surface area contributed by atoms with Gasteiger partial charge in [-0.1, -0.05) is 60.7 Å². The number of benzene rings is 2. The summed E-state index contributed by atoms with van der Waals surface area (Å²) in [5, 5.41) is 0. The topological polar surface area (TPSA) is 63.7 Å². The van der Waals surface area contributed by atoms with E-state index in [1.165, 1.54) is 12.1 Å². The predicted molar refractivity (Wildman–Crippen MR) is 98.1 cm³/mol. The Kier molecular flexibility index (Phi) is 7.31. The molecule has 152 valence electrons. The molecule has 0 spiro atoms. The van der Waals surface area contributed by atoms with Crippen LogP contribution in [-0.2, 0) is 26.9 Å². The van der Waals surface area contributed by atoms with Gasteiger partial charge in [0.25, 0.3) is 0 Å². The van der Waals surface area contributed by atoms with Crippen LogP contribution in [0.3, 0.4) is 0 Å². The highest BCUT2D eigenvalue weighted by atomic mass is 35.7. The Labute approximate surface area is 165 Å². The Morgan fingerprint density at radius 2 is 1.50 bits per heavy atom. The molecular weight excluding hydrogens is 419 g/mol. The first-order valence-electron chi connectivity index (χ1n) is 8.06. The second-order valence-corrected chi connectivity index (χ2v) is 8.74. The molecule has 0 aliphatic heterocycles. The molecule has 10 heteroatoms. The molecule has 5 nitrogen and oxygen atoms in total. The zero-order valence-electron chi connectivity index (χ0n) is 14.5. The van der Waals surface area contributed by atoms with Crippen LogP contribution in [0.2, 0.25) is 0 Å². The molecular formula is C18H17ClF3NO4S. The number of carbonyl (C=O) groups excluding carboxylic acids is 1. The third-order valence-corrected chi connectivity index (χ3v) is 4.84. The Morgan fingerprint density at radius 3 is 1.96 bits per heavy atom. The molecule has 0 aromatic heterocycles. The van der Waals surface area contributed by atoms with Gasteiger partial charge in [-0.15, -0.1) is 0 Å². The normalized spacial score (nSPS) is 13.0. The van der Waals surface area contributed by atoms with E-state index in [2.05, 4.69) is 0 Å². The molecule has 0 bridgehead atoms. The quantitative estimate of drug-likeness (QED) is 0.607. The number of ether oxygens (including phenoxy) is 1. The molecule has 0 fully saturated rings. The SMILES string of the molecule is O=C(OCc1ccccc1)N(Cc1ccccc1)C(CS(=O)(=O)Cl)C(F)(F)F. The first-order valence-corrected chi connectivity index (χ1v) is 10.5. The minimum absolute atomic E-state index is 0.261. The molecule has 1 unspecified atom stereocenters. The lowest BCUT2D eigenvalue weighted by atomic mass is 10.2. The molecule has 0 saturated heterocycles. The highest BCUT2D eigenvalue weighted by Gasteiger charge is 2.48. The van der Waals surface area contributed by atoms with Crippen molar-refractivity contribution >= 4 is 25.8 Å². The van der Waals surface area contributed by atoms with E-state index in [9.17, 15) is 26.4 Å². The molecule has 28 heavy (non-hydrogen) atoms. The van der Waals surface area contributed by atoms with E-state index in [1.807, 2.05) is 0 Å². The van der Waals surface area contributed by atoms with E-state index in [0.29, 0.717) is 16.0 Å². The van der Waals surface area contributed by atoms with Gasteiger partial charge in [-0.2, -0.15) is 13.2 Å². The van der Waals surface area contributed by atoms with Crippen LogP contribution in [0.15, 0.2) is 60.7 Å². The smallest absolute Gasteiger partial charge is 0.410 e. The van der Waals surface area contributed by atoms with Crippen molar-refractivity contribution in [3.05, 3.63) is 71.8 Å². The van der Waals surface area contributed by atoms with Gasteiger partial charge in [-0.05, 0) is 11.1 Å². The van der Waals surface area contributed by atoms with Gasteiger partial charge in [-0.25, -0.2) is 13.2 Å². The van der Waals surface area contributed by atoms with Crippen LogP contribution in [0.5, 0.6) is 0 Å². The maximum Gasteiger partial charge on any atom is 0.410 e. The predicted octanol–water partition coefficient (Wildman–Crippen LogP) is 4.32. The van der Waals surface area contributed by atoms with Crippen molar-refractivity contribution in [3.63, 3.8) is 0 Å². The van der Waals surface area contributed by atoms with Gasteiger partial charge in [0.15, 0.2) is 0 Å². The fraction of sp³-hybridized carbons (Fsp3) is 0.278. The zero-order chi connectivity index (χ0) is 20.8. The summed E-state index contributed by atoms with van der Waals surface area (Å²) in [6.45, 7) is -0.756. The highest BCUT2D eigenvalue weighted by molar-refractivity contribution is 8.13. The van der Waals surface area contributed by atoms with Crippen LogP contribution in [0.4, 0.5) is 18.0 Å². The van der Waals surface area contributed by atoms with Crippen molar-refractivity contribution in [3.8, 4) is 0 Å². The molecule has 2 rings (SSSR count). The summed E-state index contributed by atoms with van der Waals surface area (Å²) in [6.07, 6.45) is -6.32. The van der Waals surface area contributed by atoms with Crippen LogP contribution < -0.4 is 0 Å². The van der Waals surface area contributed by atoms with Crippen LogP contribution in [0.1, 0.15) is 11.1 Å². The molecule has 0 heterocycles. The Morgan fingerprint density at radius 1 is 1.00 bits per heavy atom. The molecule has 2 aromatic rings. The first-order chi connectivity index (χ1) is 13.1. The third-order valence-electron chi connectivity index (χ3n) is 3.75. The van der Waals surface area contributed by atoms with Crippen molar-refractivity contribution in [2.24, 2.45) is 0 Å². The van der Waals surface area contributed by atoms with Crippen molar-refractivity contribution in [2.75, 3.05) is 5.75 Å². The zero-order valence-corrected chi connectivity index (χ0v) is 16.0. The number of carbonyl (C=O) groups is 1. The summed E-state index contributed by atoms with van der Waals surface area (Å²) in [5.41, 5.74) is 0.949. The number of alkyl halides is 3. The second-order valence-electron chi connectivity index (χ2n) is 5.92. The molecule has 0 N–H and O–H groups in total. The largest absolute Gasteiger partial charge is 0.445 e. The summed E-state index contributed by atoms with van der Waals surface area (Å²) >= 11 is 0. The number of hydrogen-bond donors (Lipinski definition) is 0. The number of hydrogen-bond acceptors (Lipinski definition) is 4. The number of rotatable bonds is 7. The van der Waals surface area contributed by atoms with Gasteiger partial charge in [-0.3, -0.25) is 4.90 Å². The lowest BCUT2D eigenvalue weighted by molar-refractivity contribution is -0.174. The van der Waals surface area contributed by atoms with E-state index in [4.69, 9.17) is 15.4 Å². The monoisotopic (exact) mass is 435 g/mol. The third kappa shape index (κ3) is 7.05. The summed E-state index contributed by atoms with van der Waals surface area (Å²) in [4.78, 5) is 12.8. The highest BCUT2D eigenvalue weighted by Crippen LogP contribution is 2.29. The van der Waals surface area contributed by atoms with Crippen molar-refractivity contribution in [1.82, 2.24) is 4.90 Å². The van der Waals surface area contributed by atoms with E-state index >= 15 is 0 Å². The van der Waals surface area contributed by atoms with Crippen molar-refractivity contribution in [2.45, 2.75) is 25.4 Å². The van der Waals surface area contributed by atoms with Gasteiger partial charge >= 0.3 is 12.3 Å². The standard InChI is InChI=1S/C18H17ClF3NO4S/c19-28(25,26)13-16(18(20,21)22)23(11-14-7-3-1-4-8-14)17(24)27-12-15-9-5-2-6-10-15/h1-10,16H,11-13H2. The number of amides is 1. The molecule has 0 radical (unpaired) electrons. The first kappa shape index (κ1) is 22.0. The minimum atomic E-state index is -5.03. The average molecular weight is 436 g/mol. The molecule has 1 amide bonds. The number of halogens is 4. The fourth-order valence-corrected chi connectivity index (χ4v) is 3.54. The van der Waals surface area contributed by atoms with E-state index in [1.54, 1.807) is 48.5 Å². The van der Waals surface area contributed by atoms with Crippen molar-refractivity contribution < 1.29 is 31.1 Å². The molecule has 0 saturated carbocycles. The Balaban J connectivity index is 2.29. The molecule has 2 aromatic carbocycles. The fourth-order valence-electron chi connectivity index (χ4n) is 2.43. The molecule has 0 aliphatic carbocycles. The van der Waals surface area contributed by atoms with Crippen LogP contribution in [0, 0.1) is 0 Å². The van der Waals surface area contributed by atoms with E-state index in [-0.39, 0.29) is 6.61 Å². The van der Waals surface area contributed by atoms with Crippen molar-refractivity contribution in [1.29, 1.82) is 0 Å². The Bertz CT molecular complexity index is 877. The summed E-state index contributed by atoms with van der Waals surface area (Å²) in [6, 6.07) is 13.6. The molecule has 0 aliphatic rings. The van der Waals surface area contributed by atoms with Crippen LogP contribution in [0.25, 0.3) is 0 Å². The second kappa shape index (κ2) is 9.29. The van der Waals surface area contributed by atoms with Gasteiger partial charge in [0.05, 0.1) is 5.75 Å². The maximum absolute atomic E-state index is 13.6. The lowest BCUT2D eigenvalue weighted by Gasteiger charge is -2.31. The number of nitrogens with zero attached hydrogens (tertiary/aromatic N) is 1. The van der Waals surface area contributed by atoms with Crippen LogP contribution in [-0.4, -0.2) is 37.4 Å². The lowest BCUT2D eigenvalue weighted by Crippen LogP contribution is -2.51. The minimum Gasteiger partial charge on any atom is -0.445 e. The maximum atomic E-state index is 13.6. The van der Waals surface area contributed by atoms with Gasteiger partial charge < -0.3 is 4.74 Å². The van der Waals surface area contributed by atoms with Crippen LogP contribution >= 0.6 is 10.7 Å². The van der Waals surface area contributed by atoms with E-state index < -0.39 is 39.7 Å². The summed E-state index contributed by atoms with van der Waals surface area (Å²) < 4.78 is 68.3. The van der Waals surface area contributed by atoms with Gasteiger partial charge in [0.1, 0.15) is 12.6 Å². The van der Waals surface area contributed by atoms with Gasteiger partial charge in [0.2, 0.25) is 9.05 Å². The van der Waals surface area contributed by atoms with Gasteiger partial charge in [0, 0.05) is 17.2 Å². The average Bonchev–Trinajstić information content (AvgIpc) is 2.62. The summed E-state index contributed by atoms with van der Waals surface area (Å²) in [7, 11) is 0.510. The van der Waals surface area contributed by atoms with E-state index in [0.717, 1.165) is 0 Å².